The van der Waals surface area contributed by atoms with Gasteiger partial charge in [-0.1, -0.05) is 0 Å². The van der Waals surface area contributed by atoms with E-state index in [1.807, 2.05) is 0 Å². The average Bonchev–Trinajstić information content (AvgIpc) is 2.33. The van der Waals surface area contributed by atoms with Crippen LogP contribution in [-0.4, -0.2) is 35.5 Å². The number of hydrogen-bond acceptors (Lipinski definition) is 3. The first kappa shape index (κ1) is 12.9. The predicted octanol–water partition coefficient (Wildman–Crippen LogP) is 1.53. The van der Waals surface area contributed by atoms with Gasteiger partial charge in [-0.3, -0.25) is 0 Å². The van der Waals surface area contributed by atoms with Gasteiger partial charge in [0.25, 0.3) is 0 Å². The fourth-order valence-corrected chi connectivity index (χ4v) is 5.30. The van der Waals surface area contributed by atoms with Gasteiger partial charge in [0.2, 0.25) is 0 Å². The summed E-state index contributed by atoms with van der Waals surface area (Å²) in [6.45, 7) is 2.68. The Balaban J connectivity index is 1.63. The third-order valence-electron chi connectivity index (χ3n) is 5.87. The van der Waals surface area contributed by atoms with Gasteiger partial charge in [0.05, 0.1) is 12.7 Å². The molecule has 0 unspecified atom stereocenters. The molecule has 4 rings (SSSR count). The van der Waals surface area contributed by atoms with Crippen LogP contribution >= 0.6 is 0 Å². The largest absolute Gasteiger partial charge is 0.394 e. The summed E-state index contributed by atoms with van der Waals surface area (Å²) in [4.78, 5) is 0. The Morgan fingerprint density at radius 2 is 1.61 bits per heavy atom. The highest BCUT2D eigenvalue weighted by Gasteiger charge is 2.52. The van der Waals surface area contributed by atoms with Crippen molar-refractivity contribution in [2.24, 2.45) is 23.2 Å². The molecule has 3 nitrogen and oxygen atoms in total. The SMILES string of the molecule is C[C@H](NC[C@@H](O)CO)C12CC3CC(CC(C3)C1)C2. The molecular weight excluding hydrogens is 226 g/mol. The van der Waals surface area contributed by atoms with Gasteiger partial charge in [-0.25, -0.2) is 0 Å². The third-order valence-corrected chi connectivity index (χ3v) is 5.87. The van der Waals surface area contributed by atoms with Gasteiger partial charge >= 0.3 is 0 Å². The average molecular weight is 253 g/mol. The first-order valence-electron chi connectivity index (χ1n) is 7.63. The van der Waals surface area contributed by atoms with E-state index in [-0.39, 0.29) is 6.61 Å². The van der Waals surface area contributed by atoms with Crippen molar-refractivity contribution in [1.82, 2.24) is 5.32 Å². The van der Waals surface area contributed by atoms with E-state index in [1.165, 1.54) is 38.5 Å². The van der Waals surface area contributed by atoms with Crippen molar-refractivity contribution in [3.8, 4) is 0 Å². The van der Waals surface area contributed by atoms with E-state index in [1.54, 1.807) is 0 Å². The number of rotatable bonds is 5. The van der Waals surface area contributed by atoms with Crippen LogP contribution in [0.2, 0.25) is 0 Å². The Kier molecular flexibility index (Phi) is 3.41. The molecule has 3 N–H and O–H groups in total. The van der Waals surface area contributed by atoms with Crippen molar-refractivity contribution in [2.75, 3.05) is 13.2 Å². The molecule has 4 bridgehead atoms. The van der Waals surface area contributed by atoms with Gasteiger partial charge in [0.1, 0.15) is 0 Å². The Labute approximate surface area is 110 Å². The summed E-state index contributed by atoms with van der Waals surface area (Å²) in [6.07, 6.45) is 8.00. The number of aliphatic hydroxyl groups excluding tert-OH is 2. The smallest absolute Gasteiger partial charge is 0.0895 e. The maximum atomic E-state index is 9.48. The standard InChI is InChI=1S/C15H27NO2/c1-10(16-8-14(18)9-17)15-5-11-2-12(6-15)4-13(3-11)7-15/h10-14,16-18H,2-9H2,1H3/t10-,11?,12?,13?,14+,15?/m0/s1. The van der Waals surface area contributed by atoms with E-state index in [9.17, 15) is 5.11 Å². The number of nitrogens with one attached hydrogen (secondary N) is 1. The molecule has 0 aromatic rings. The Morgan fingerprint density at radius 3 is 2.06 bits per heavy atom. The molecule has 0 aromatic heterocycles. The molecule has 0 aliphatic heterocycles. The minimum Gasteiger partial charge on any atom is -0.394 e. The molecular formula is C15H27NO2. The van der Waals surface area contributed by atoms with Gasteiger partial charge in [-0.05, 0) is 68.6 Å². The second-order valence-electron chi connectivity index (χ2n) is 7.25. The topological polar surface area (TPSA) is 52.5 Å². The van der Waals surface area contributed by atoms with Crippen LogP contribution in [0.5, 0.6) is 0 Å². The Hall–Kier alpha value is -0.120. The van der Waals surface area contributed by atoms with E-state index < -0.39 is 6.10 Å². The zero-order valence-electron chi connectivity index (χ0n) is 11.4. The fourth-order valence-electron chi connectivity index (χ4n) is 5.30. The normalized spacial score (nSPS) is 45.2. The van der Waals surface area contributed by atoms with Crippen LogP contribution in [0.3, 0.4) is 0 Å². The first-order valence-corrected chi connectivity index (χ1v) is 7.63. The summed E-state index contributed by atoms with van der Waals surface area (Å²) in [6, 6.07) is 0.479. The van der Waals surface area contributed by atoms with Gasteiger partial charge in [0.15, 0.2) is 0 Å². The molecule has 0 saturated heterocycles. The molecule has 4 aliphatic rings. The number of aliphatic hydroxyl groups is 2. The fraction of sp³-hybridized carbons (Fsp3) is 1.00. The van der Waals surface area contributed by atoms with Gasteiger partial charge in [-0.2, -0.15) is 0 Å². The van der Waals surface area contributed by atoms with E-state index in [0.717, 1.165) is 17.8 Å². The van der Waals surface area contributed by atoms with Crippen LogP contribution in [-0.2, 0) is 0 Å². The molecule has 0 heterocycles. The van der Waals surface area contributed by atoms with Crippen molar-refractivity contribution in [1.29, 1.82) is 0 Å². The first-order chi connectivity index (χ1) is 8.61. The van der Waals surface area contributed by atoms with Gasteiger partial charge in [0, 0.05) is 12.6 Å². The van der Waals surface area contributed by atoms with Crippen molar-refractivity contribution in [3.05, 3.63) is 0 Å². The lowest BCUT2D eigenvalue weighted by atomic mass is 9.48. The Bertz CT molecular complexity index is 270. The quantitative estimate of drug-likeness (QED) is 0.696. The summed E-state index contributed by atoms with van der Waals surface area (Å²) >= 11 is 0. The summed E-state index contributed by atoms with van der Waals surface area (Å²) in [5.74, 6) is 2.93. The minimum atomic E-state index is -0.610. The number of hydrogen-bond donors (Lipinski definition) is 3. The molecule has 2 atom stereocenters. The van der Waals surface area contributed by atoms with E-state index in [4.69, 9.17) is 5.11 Å². The summed E-state index contributed by atoms with van der Waals surface area (Å²) in [5.41, 5.74) is 0.490. The molecule has 4 fully saturated rings. The van der Waals surface area contributed by atoms with Crippen LogP contribution in [0.4, 0.5) is 0 Å². The summed E-state index contributed by atoms with van der Waals surface area (Å²) in [7, 11) is 0. The predicted molar refractivity (Wildman–Crippen MR) is 71.2 cm³/mol. The van der Waals surface area contributed by atoms with Crippen molar-refractivity contribution in [3.63, 3.8) is 0 Å². The van der Waals surface area contributed by atoms with Gasteiger partial charge in [-0.15, -0.1) is 0 Å². The Morgan fingerprint density at radius 1 is 1.11 bits per heavy atom. The lowest BCUT2D eigenvalue weighted by Crippen LogP contribution is -2.55. The maximum Gasteiger partial charge on any atom is 0.0895 e. The molecule has 4 aliphatic carbocycles. The molecule has 0 radical (unpaired) electrons. The van der Waals surface area contributed by atoms with Crippen molar-refractivity contribution < 1.29 is 10.2 Å². The van der Waals surface area contributed by atoms with E-state index in [2.05, 4.69) is 12.2 Å². The summed E-state index contributed by atoms with van der Waals surface area (Å²) < 4.78 is 0. The summed E-state index contributed by atoms with van der Waals surface area (Å²) in [5, 5.41) is 21.8. The van der Waals surface area contributed by atoms with Crippen LogP contribution in [0.25, 0.3) is 0 Å². The molecule has 3 heteroatoms. The van der Waals surface area contributed by atoms with Gasteiger partial charge < -0.3 is 15.5 Å². The minimum absolute atomic E-state index is 0.138. The highest BCUT2D eigenvalue weighted by Crippen LogP contribution is 2.61. The zero-order chi connectivity index (χ0) is 12.8. The van der Waals surface area contributed by atoms with E-state index in [0.29, 0.717) is 18.0 Å². The molecule has 4 saturated carbocycles. The molecule has 0 spiro atoms. The van der Waals surface area contributed by atoms with Crippen LogP contribution < -0.4 is 5.32 Å². The molecule has 18 heavy (non-hydrogen) atoms. The van der Waals surface area contributed by atoms with E-state index >= 15 is 0 Å². The monoisotopic (exact) mass is 253 g/mol. The molecule has 104 valence electrons. The highest BCUT2D eigenvalue weighted by atomic mass is 16.3. The second-order valence-corrected chi connectivity index (χ2v) is 7.25. The van der Waals surface area contributed by atoms with Crippen molar-refractivity contribution in [2.45, 2.75) is 57.6 Å². The third kappa shape index (κ3) is 2.21. The van der Waals surface area contributed by atoms with Crippen LogP contribution in [0, 0.1) is 23.2 Å². The zero-order valence-corrected chi connectivity index (χ0v) is 11.4. The van der Waals surface area contributed by atoms with Crippen molar-refractivity contribution >= 4 is 0 Å². The highest BCUT2D eigenvalue weighted by molar-refractivity contribution is 5.05. The second kappa shape index (κ2) is 4.77. The lowest BCUT2D eigenvalue weighted by Gasteiger charge is -2.59. The molecule has 0 aromatic carbocycles. The maximum absolute atomic E-state index is 9.48. The lowest BCUT2D eigenvalue weighted by molar-refractivity contribution is -0.0720. The van der Waals surface area contributed by atoms with Crippen LogP contribution in [0.15, 0.2) is 0 Å². The van der Waals surface area contributed by atoms with Crippen LogP contribution in [0.1, 0.15) is 45.4 Å². The molecule has 0 amide bonds.